The van der Waals surface area contributed by atoms with Crippen molar-refractivity contribution in [1.29, 1.82) is 0 Å². The highest BCUT2D eigenvalue weighted by Gasteiger charge is 2.43. The zero-order chi connectivity index (χ0) is 16.6. The Hall–Kier alpha value is -2.18. The van der Waals surface area contributed by atoms with Gasteiger partial charge in [-0.05, 0) is 25.0 Å². The SMILES string of the molecule is Cc1cc(C(=O)NC2C(c3ccccc3)CC(O)C2O)nn1C. The largest absolute Gasteiger partial charge is 0.390 e. The quantitative estimate of drug-likeness (QED) is 0.779. The third kappa shape index (κ3) is 3.00. The van der Waals surface area contributed by atoms with Gasteiger partial charge >= 0.3 is 0 Å². The van der Waals surface area contributed by atoms with Gasteiger partial charge in [0.1, 0.15) is 11.8 Å². The molecular formula is C17H21N3O3. The molecule has 1 saturated carbocycles. The Morgan fingerprint density at radius 2 is 2.00 bits per heavy atom. The third-order valence-electron chi connectivity index (χ3n) is 4.56. The molecule has 4 atom stereocenters. The molecule has 6 heteroatoms. The minimum atomic E-state index is -0.992. The first kappa shape index (κ1) is 15.7. The first-order valence-corrected chi connectivity index (χ1v) is 7.70. The molecular weight excluding hydrogens is 294 g/mol. The van der Waals surface area contributed by atoms with Gasteiger partial charge in [0.05, 0.1) is 12.1 Å². The summed E-state index contributed by atoms with van der Waals surface area (Å²) in [5.74, 6) is -0.470. The standard InChI is InChI=1S/C17H21N3O3/c1-10-8-13(19-20(10)2)17(23)18-15-12(9-14(21)16(15)22)11-6-4-3-5-7-11/h3-8,12,14-16,21-22H,9H2,1-2H3,(H,18,23). The van der Waals surface area contributed by atoms with Gasteiger partial charge in [-0.3, -0.25) is 9.48 Å². The number of rotatable bonds is 3. The van der Waals surface area contributed by atoms with E-state index in [2.05, 4.69) is 10.4 Å². The Labute approximate surface area is 134 Å². The second-order valence-electron chi connectivity index (χ2n) is 6.10. The Morgan fingerprint density at radius 3 is 2.61 bits per heavy atom. The van der Waals surface area contributed by atoms with Crippen LogP contribution in [-0.4, -0.2) is 44.2 Å². The summed E-state index contributed by atoms with van der Waals surface area (Å²) in [4.78, 5) is 12.4. The molecule has 23 heavy (non-hydrogen) atoms. The summed E-state index contributed by atoms with van der Waals surface area (Å²) in [6.45, 7) is 1.87. The first-order chi connectivity index (χ1) is 11.0. The Kier molecular flexibility index (Phi) is 4.19. The number of nitrogens with one attached hydrogen (secondary N) is 1. The minimum Gasteiger partial charge on any atom is -0.390 e. The first-order valence-electron chi connectivity index (χ1n) is 7.70. The number of aliphatic hydroxyl groups excluding tert-OH is 2. The lowest BCUT2D eigenvalue weighted by Gasteiger charge is -2.23. The van der Waals surface area contributed by atoms with Crippen LogP contribution in [0.25, 0.3) is 0 Å². The van der Waals surface area contributed by atoms with Crippen LogP contribution in [0.5, 0.6) is 0 Å². The summed E-state index contributed by atoms with van der Waals surface area (Å²) >= 11 is 0. The molecule has 1 fully saturated rings. The summed E-state index contributed by atoms with van der Waals surface area (Å²) < 4.78 is 1.63. The number of hydrogen-bond donors (Lipinski definition) is 3. The lowest BCUT2D eigenvalue weighted by atomic mass is 9.93. The maximum Gasteiger partial charge on any atom is 0.272 e. The van der Waals surface area contributed by atoms with Crippen LogP contribution in [-0.2, 0) is 7.05 Å². The number of nitrogens with zero attached hydrogens (tertiary/aromatic N) is 2. The molecule has 3 rings (SSSR count). The molecule has 4 unspecified atom stereocenters. The number of carbonyl (C=O) groups excluding carboxylic acids is 1. The maximum absolute atomic E-state index is 12.4. The van der Waals surface area contributed by atoms with E-state index in [1.54, 1.807) is 17.8 Å². The minimum absolute atomic E-state index is 0.130. The molecule has 1 aliphatic carbocycles. The molecule has 0 saturated heterocycles. The molecule has 1 aliphatic rings. The highest BCUT2D eigenvalue weighted by Crippen LogP contribution is 2.35. The van der Waals surface area contributed by atoms with Crippen molar-refractivity contribution in [3.63, 3.8) is 0 Å². The molecule has 6 nitrogen and oxygen atoms in total. The van der Waals surface area contributed by atoms with Crippen LogP contribution < -0.4 is 5.32 Å². The fourth-order valence-electron chi connectivity index (χ4n) is 3.15. The number of carbonyl (C=O) groups is 1. The zero-order valence-electron chi connectivity index (χ0n) is 13.2. The normalized spacial score (nSPS) is 27.1. The van der Waals surface area contributed by atoms with Crippen molar-refractivity contribution in [2.24, 2.45) is 7.05 Å². The summed E-state index contributed by atoms with van der Waals surface area (Å²) in [6.07, 6.45) is -1.43. The average molecular weight is 315 g/mol. The van der Waals surface area contributed by atoms with Crippen molar-refractivity contribution < 1.29 is 15.0 Å². The van der Waals surface area contributed by atoms with Gasteiger partial charge in [0, 0.05) is 18.7 Å². The van der Waals surface area contributed by atoms with Crippen LogP contribution >= 0.6 is 0 Å². The van der Waals surface area contributed by atoms with Gasteiger partial charge in [0.15, 0.2) is 0 Å². The lowest BCUT2D eigenvalue weighted by molar-refractivity contribution is 0.0294. The zero-order valence-corrected chi connectivity index (χ0v) is 13.2. The molecule has 2 aromatic rings. The number of amides is 1. The topological polar surface area (TPSA) is 87.4 Å². The molecule has 0 spiro atoms. The van der Waals surface area contributed by atoms with Crippen LogP contribution in [0.1, 0.15) is 34.1 Å². The molecule has 0 radical (unpaired) electrons. The molecule has 1 aromatic heterocycles. The Morgan fingerprint density at radius 1 is 1.30 bits per heavy atom. The predicted octanol–water partition coefficient (Wildman–Crippen LogP) is 0.736. The Bertz CT molecular complexity index is 679. The van der Waals surface area contributed by atoms with Crippen molar-refractivity contribution in [1.82, 2.24) is 15.1 Å². The number of aryl methyl sites for hydroxylation is 2. The molecule has 0 aliphatic heterocycles. The van der Waals surface area contributed by atoms with Crippen molar-refractivity contribution in [3.05, 3.63) is 53.3 Å². The molecule has 1 heterocycles. The van der Waals surface area contributed by atoms with Gasteiger partial charge < -0.3 is 15.5 Å². The van der Waals surface area contributed by atoms with Crippen molar-refractivity contribution >= 4 is 5.91 Å². The van der Waals surface area contributed by atoms with E-state index in [0.717, 1.165) is 11.3 Å². The van der Waals surface area contributed by atoms with E-state index < -0.39 is 18.2 Å². The van der Waals surface area contributed by atoms with Gasteiger partial charge in [0.2, 0.25) is 0 Å². The lowest BCUT2D eigenvalue weighted by Crippen LogP contribution is -2.45. The van der Waals surface area contributed by atoms with E-state index in [1.165, 1.54) is 0 Å². The number of aromatic nitrogens is 2. The number of benzene rings is 1. The number of hydrogen-bond acceptors (Lipinski definition) is 4. The summed E-state index contributed by atoms with van der Waals surface area (Å²) in [7, 11) is 1.77. The van der Waals surface area contributed by atoms with Crippen LogP contribution in [0, 0.1) is 6.92 Å². The van der Waals surface area contributed by atoms with Gasteiger partial charge in [0.25, 0.3) is 5.91 Å². The smallest absolute Gasteiger partial charge is 0.272 e. The van der Waals surface area contributed by atoms with Gasteiger partial charge in [-0.25, -0.2) is 0 Å². The summed E-state index contributed by atoms with van der Waals surface area (Å²) in [6, 6.07) is 10.8. The summed E-state index contributed by atoms with van der Waals surface area (Å²) in [5.41, 5.74) is 2.18. The van der Waals surface area contributed by atoms with E-state index in [4.69, 9.17) is 0 Å². The third-order valence-corrected chi connectivity index (χ3v) is 4.56. The maximum atomic E-state index is 12.4. The fraction of sp³-hybridized carbons (Fsp3) is 0.412. The molecule has 122 valence electrons. The second kappa shape index (κ2) is 6.14. The molecule has 3 N–H and O–H groups in total. The van der Waals surface area contributed by atoms with Gasteiger partial charge in [-0.1, -0.05) is 30.3 Å². The van der Waals surface area contributed by atoms with E-state index in [9.17, 15) is 15.0 Å². The Balaban J connectivity index is 1.82. The van der Waals surface area contributed by atoms with E-state index in [-0.39, 0.29) is 11.8 Å². The van der Waals surface area contributed by atoms with Crippen molar-refractivity contribution in [2.45, 2.75) is 37.5 Å². The van der Waals surface area contributed by atoms with Crippen LogP contribution in [0.2, 0.25) is 0 Å². The monoisotopic (exact) mass is 315 g/mol. The van der Waals surface area contributed by atoms with Gasteiger partial charge in [-0.2, -0.15) is 5.10 Å². The van der Waals surface area contributed by atoms with E-state index >= 15 is 0 Å². The van der Waals surface area contributed by atoms with Crippen molar-refractivity contribution in [2.75, 3.05) is 0 Å². The van der Waals surface area contributed by atoms with Crippen LogP contribution in [0.3, 0.4) is 0 Å². The van der Waals surface area contributed by atoms with Crippen molar-refractivity contribution in [3.8, 4) is 0 Å². The predicted molar refractivity (Wildman–Crippen MR) is 85.0 cm³/mol. The highest BCUT2D eigenvalue weighted by molar-refractivity contribution is 5.92. The van der Waals surface area contributed by atoms with E-state index in [0.29, 0.717) is 12.1 Å². The fourth-order valence-corrected chi connectivity index (χ4v) is 3.15. The van der Waals surface area contributed by atoms with Gasteiger partial charge in [-0.15, -0.1) is 0 Å². The second-order valence-corrected chi connectivity index (χ2v) is 6.10. The van der Waals surface area contributed by atoms with Crippen LogP contribution in [0.15, 0.2) is 36.4 Å². The summed E-state index contributed by atoms with van der Waals surface area (Å²) in [5, 5.41) is 27.3. The average Bonchev–Trinajstić information content (AvgIpc) is 3.02. The molecule has 0 bridgehead atoms. The van der Waals surface area contributed by atoms with Crippen LogP contribution in [0.4, 0.5) is 0 Å². The molecule has 1 amide bonds. The molecule has 1 aromatic carbocycles. The number of aliphatic hydroxyl groups is 2. The van der Waals surface area contributed by atoms with E-state index in [1.807, 2.05) is 37.3 Å². The highest BCUT2D eigenvalue weighted by atomic mass is 16.3.